The monoisotopic (exact) mass is 368 g/mol. The average Bonchev–Trinajstić information content (AvgIpc) is 3.16. The number of carbonyl (C=O) groups excluding carboxylic acids is 1. The molecule has 0 radical (unpaired) electrons. The summed E-state index contributed by atoms with van der Waals surface area (Å²) < 4.78 is 16.1. The van der Waals surface area contributed by atoms with Crippen LogP contribution in [-0.2, 0) is 6.61 Å². The fourth-order valence-electron chi connectivity index (χ4n) is 2.26. The molecular formula is C19H16N2O6. The van der Waals surface area contributed by atoms with E-state index in [0.717, 1.165) is 5.75 Å². The number of nitro benzene ring substituents is 1. The van der Waals surface area contributed by atoms with E-state index in [1.807, 2.05) is 0 Å². The highest BCUT2D eigenvalue weighted by Crippen LogP contribution is 2.20. The van der Waals surface area contributed by atoms with E-state index in [9.17, 15) is 14.9 Å². The zero-order valence-corrected chi connectivity index (χ0v) is 14.4. The quantitative estimate of drug-likeness (QED) is 0.499. The van der Waals surface area contributed by atoms with Gasteiger partial charge in [-0.1, -0.05) is 0 Å². The Morgan fingerprint density at radius 1 is 1.04 bits per heavy atom. The smallest absolute Gasteiger partial charge is 0.291 e. The van der Waals surface area contributed by atoms with E-state index in [0.29, 0.717) is 17.2 Å². The fraction of sp³-hybridized carbons (Fsp3) is 0.105. The summed E-state index contributed by atoms with van der Waals surface area (Å²) >= 11 is 0. The van der Waals surface area contributed by atoms with Crippen molar-refractivity contribution in [3.63, 3.8) is 0 Å². The summed E-state index contributed by atoms with van der Waals surface area (Å²) in [6.45, 7) is 0.164. The van der Waals surface area contributed by atoms with Crippen molar-refractivity contribution in [3.05, 3.63) is 82.3 Å². The number of anilines is 1. The number of nitrogens with one attached hydrogen (secondary N) is 1. The molecule has 0 fully saturated rings. The standard InChI is InChI=1S/C19H16N2O6/c1-25-15-6-8-16(9-7-15)26-12-17-10-11-18(27-17)19(22)20-13-2-4-14(5-3-13)21(23)24/h2-11H,12H2,1H3,(H,20,22). The summed E-state index contributed by atoms with van der Waals surface area (Å²) in [4.78, 5) is 22.3. The van der Waals surface area contributed by atoms with Crippen molar-refractivity contribution in [2.75, 3.05) is 12.4 Å². The van der Waals surface area contributed by atoms with E-state index >= 15 is 0 Å². The van der Waals surface area contributed by atoms with Crippen LogP contribution < -0.4 is 14.8 Å². The van der Waals surface area contributed by atoms with Crippen LogP contribution in [0.3, 0.4) is 0 Å². The van der Waals surface area contributed by atoms with E-state index < -0.39 is 10.8 Å². The molecule has 8 heteroatoms. The van der Waals surface area contributed by atoms with Gasteiger partial charge < -0.3 is 19.2 Å². The first-order valence-corrected chi connectivity index (χ1v) is 7.96. The van der Waals surface area contributed by atoms with Gasteiger partial charge >= 0.3 is 0 Å². The lowest BCUT2D eigenvalue weighted by molar-refractivity contribution is -0.384. The predicted octanol–water partition coefficient (Wildman–Crippen LogP) is 4.03. The summed E-state index contributed by atoms with van der Waals surface area (Å²) in [6.07, 6.45) is 0. The van der Waals surface area contributed by atoms with Crippen LogP contribution in [-0.4, -0.2) is 17.9 Å². The number of benzene rings is 2. The highest BCUT2D eigenvalue weighted by Gasteiger charge is 2.13. The maximum Gasteiger partial charge on any atom is 0.291 e. The maximum atomic E-state index is 12.2. The lowest BCUT2D eigenvalue weighted by atomic mass is 10.3. The van der Waals surface area contributed by atoms with Gasteiger partial charge in [0.25, 0.3) is 11.6 Å². The maximum absolute atomic E-state index is 12.2. The lowest BCUT2D eigenvalue weighted by Gasteiger charge is -2.05. The molecule has 1 heterocycles. The Hall–Kier alpha value is -3.81. The first kappa shape index (κ1) is 18.0. The second kappa shape index (κ2) is 8.05. The van der Waals surface area contributed by atoms with Crippen LogP contribution in [0.25, 0.3) is 0 Å². The van der Waals surface area contributed by atoms with Crippen molar-refractivity contribution in [1.82, 2.24) is 0 Å². The molecule has 0 atom stereocenters. The third-order valence-corrected chi connectivity index (χ3v) is 3.66. The van der Waals surface area contributed by atoms with Crippen molar-refractivity contribution >= 4 is 17.3 Å². The fourth-order valence-corrected chi connectivity index (χ4v) is 2.26. The molecule has 1 amide bonds. The zero-order valence-electron chi connectivity index (χ0n) is 14.4. The minimum atomic E-state index is -0.507. The second-order valence-corrected chi connectivity index (χ2v) is 5.49. The van der Waals surface area contributed by atoms with E-state index in [1.165, 1.54) is 30.3 Å². The van der Waals surface area contributed by atoms with Gasteiger partial charge in [0, 0.05) is 17.8 Å². The summed E-state index contributed by atoms with van der Waals surface area (Å²) in [5.74, 6) is 1.51. The van der Waals surface area contributed by atoms with Crippen LogP contribution in [0.15, 0.2) is 65.1 Å². The van der Waals surface area contributed by atoms with Gasteiger partial charge in [-0.3, -0.25) is 14.9 Å². The van der Waals surface area contributed by atoms with Gasteiger partial charge in [-0.25, -0.2) is 0 Å². The van der Waals surface area contributed by atoms with Crippen molar-refractivity contribution < 1.29 is 23.6 Å². The molecule has 0 saturated carbocycles. The molecule has 0 bridgehead atoms. The van der Waals surface area contributed by atoms with Gasteiger partial charge in [0.05, 0.1) is 12.0 Å². The molecule has 3 rings (SSSR count). The molecule has 0 unspecified atom stereocenters. The Morgan fingerprint density at radius 3 is 2.33 bits per heavy atom. The number of non-ortho nitro benzene ring substituents is 1. The van der Waals surface area contributed by atoms with Crippen molar-refractivity contribution in [2.24, 2.45) is 0 Å². The minimum absolute atomic E-state index is 0.0519. The molecule has 0 aliphatic rings. The van der Waals surface area contributed by atoms with E-state index in [1.54, 1.807) is 37.4 Å². The van der Waals surface area contributed by atoms with Crippen LogP contribution in [0.2, 0.25) is 0 Å². The summed E-state index contributed by atoms with van der Waals surface area (Å²) in [5.41, 5.74) is 0.377. The first-order chi connectivity index (χ1) is 13.0. The van der Waals surface area contributed by atoms with Crippen LogP contribution in [0.1, 0.15) is 16.3 Å². The number of nitrogens with zero attached hydrogens (tertiary/aromatic N) is 1. The summed E-state index contributed by atoms with van der Waals surface area (Å²) in [5, 5.41) is 13.3. The first-order valence-electron chi connectivity index (χ1n) is 7.96. The highest BCUT2D eigenvalue weighted by atomic mass is 16.6. The predicted molar refractivity (Wildman–Crippen MR) is 97.1 cm³/mol. The largest absolute Gasteiger partial charge is 0.497 e. The summed E-state index contributed by atoms with van der Waals surface area (Å²) in [7, 11) is 1.59. The van der Waals surface area contributed by atoms with Gasteiger partial charge in [-0.15, -0.1) is 0 Å². The normalized spacial score (nSPS) is 10.3. The molecule has 0 aliphatic carbocycles. The molecule has 138 valence electrons. The van der Waals surface area contributed by atoms with Crippen LogP contribution in [0.5, 0.6) is 11.5 Å². The molecule has 2 aromatic carbocycles. The number of hydrogen-bond donors (Lipinski definition) is 1. The molecule has 1 N–H and O–H groups in total. The minimum Gasteiger partial charge on any atom is -0.497 e. The Labute approximate surface area is 154 Å². The van der Waals surface area contributed by atoms with Crippen LogP contribution >= 0.6 is 0 Å². The number of rotatable bonds is 7. The van der Waals surface area contributed by atoms with E-state index in [2.05, 4.69) is 5.32 Å². The van der Waals surface area contributed by atoms with Crippen LogP contribution in [0, 0.1) is 10.1 Å². The molecule has 8 nitrogen and oxygen atoms in total. The molecular weight excluding hydrogens is 352 g/mol. The number of hydrogen-bond acceptors (Lipinski definition) is 6. The lowest BCUT2D eigenvalue weighted by Crippen LogP contribution is -2.10. The second-order valence-electron chi connectivity index (χ2n) is 5.49. The molecule has 27 heavy (non-hydrogen) atoms. The number of nitro groups is 1. The number of carbonyl (C=O) groups is 1. The molecule has 0 spiro atoms. The zero-order chi connectivity index (χ0) is 19.2. The van der Waals surface area contributed by atoms with Gasteiger partial charge in [0.15, 0.2) is 5.76 Å². The average molecular weight is 368 g/mol. The number of ether oxygens (including phenoxy) is 2. The van der Waals surface area contributed by atoms with Gasteiger partial charge in [-0.05, 0) is 48.5 Å². The van der Waals surface area contributed by atoms with Gasteiger partial charge in [-0.2, -0.15) is 0 Å². The third-order valence-electron chi connectivity index (χ3n) is 3.66. The SMILES string of the molecule is COc1ccc(OCc2ccc(C(=O)Nc3ccc([N+](=O)[O-])cc3)o2)cc1. The van der Waals surface area contributed by atoms with E-state index in [4.69, 9.17) is 13.9 Å². The Bertz CT molecular complexity index is 932. The number of methoxy groups -OCH3 is 1. The number of amides is 1. The van der Waals surface area contributed by atoms with Crippen molar-refractivity contribution in [1.29, 1.82) is 0 Å². The summed E-state index contributed by atoms with van der Waals surface area (Å²) in [6, 6.07) is 15.8. The molecule has 3 aromatic rings. The third kappa shape index (κ3) is 4.63. The Balaban J connectivity index is 1.57. The highest BCUT2D eigenvalue weighted by molar-refractivity contribution is 6.02. The van der Waals surface area contributed by atoms with Crippen molar-refractivity contribution in [3.8, 4) is 11.5 Å². The topological polar surface area (TPSA) is 104 Å². The van der Waals surface area contributed by atoms with Gasteiger partial charge in [0.1, 0.15) is 23.9 Å². The Morgan fingerprint density at radius 2 is 1.70 bits per heavy atom. The van der Waals surface area contributed by atoms with E-state index in [-0.39, 0.29) is 18.1 Å². The molecule has 0 aliphatic heterocycles. The Kier molecular flexibility index (Phi) is 5.36. The molecule has 1 aromatic heterocycles. The molecule has 0 saturated heterocycles. The van der Waals surface area contributed by atoms with Gasteiger partial charge in [0.2, 0.25) is 0 Å². The van der Waals surface area contributed by atoms with Crippen LogP contribution in [0.4, 0.5) is 11.4 Å². The number of furan rings is 1. The van der Waals surface area contributed by atoms with Crippen molar-refractivity contribution in [2.45, 2.75) is 6.61 Å².